The number of hydrazine groups is 1. The summed E-state index contributed by atoms with van der Waals surface area (Å²) in [6, 6.07) is 3.95. The van der Waals surface area contributed by atoms with Crippen molar-refractivity contribution in [2.45, 2.75) is 0 Å². The zero-order valence-corrected chi connectivity index (χ0v) is 11.3. The molecule has 19 heavy (non-hydrogen) atoms. The van der Waals surface area contributed by atoms with Crippen LogP contribution in [0, 0.1) is 5.82 Å². The van der Waals surface area contributed by atoms with Gasteiger partial charge in [0.2, 0.25) is 5.95 Å². The lowest BCUT2D eigenvalue weighted by molar-refractivity contribution is 0.359. The first-order valence-corrected chi connectivity index (χ1v) is 5.81. The fourth-order valence-corrected chi connectivity index (χ4v) is 1.63. The van der Waals surface area contributed by atoms with Crippen LogP contribution in [0.1, 0.15) is 0 Å². The van der Waals surface area contributed by atoms with Gasteiger partial charge < -0.3 is 9.47 Å². The minimum atomic E-state index is -0.392. The van der Waals surface area contributed by atoms with E-state index in [2.05, 4.69) is 36.3 Å². The van der Waals surface area contributed by atoms with Gasteiger partial charge in [0.25, 0.3) is 0 Å². The third-order valence-corrected chi connectivity index (χ3v) is 2.62. The Kier molecular flexibility index (Phi) is 4.07. The van der Waals surface area contributed by atoms with Crippen LogP contribution in [0.4, 0.5) is 10.3 Å². The van der Waals surface area contributed by atoms with E-state index in [0.717, 1.165) is 0 Å². The average molecular weight is 330 g/mol. The molecule has 0 aliphatic heterocycles. The minimum Gasteiger partial charge on any atom is -0.467 e. The maximum atomic E-state index is 13.0. The summed E-state index contributed by atoms with van der Waals surface area (Å²) < 4.78 is 23.6. The molecule has 0 bridgehead atoms. The van der Waals surface area contributed by atoms with Crippen LogP contribution in [0.5, 0.6) is 17.8 Å². The molecule has 7 nitrogen and oxygen atoms in total. The summed E-state index contributed by atoms with van der Waals surface area (Å²) in [5.74, 6) is 5.25. The number of methoxy groups -OCH3 is 1. The summed E-state index contributed by atoms with van der Waals surface area (Å²) in [4.78, 5) is 11.6. The van der Waals surface area contributed by atoms with Crippen molar-refractivity contribution >= 4 is 21.9 Å². The zero-order chi connectivity index (χ0) is 13.8. The molecule has 0 amide bonds. The van der Waals surface area contributed by atoms with Gasteiger partial charge in [-0.05, 0) is 34.1 Å². The molecular weight excluding hydrogens is 321 g/mol. The molecule has 0 atom stereocenters. The summed E-state index contributed by atoms with van der Waals surface area (Å²) in [5.41, 5.74) is 2.26. The Morgan fingerprint density at radius 2 is 2.00 bits per heavy atom. The number of aromatic nitrogens is 3. The molecule has 2 aromatic rings. The number of nitrogens with one attached hydrogen (secondary N) is 1. The maximum Gasteiger partial charge on any atom is 0.330 e. The molecular formula is C10H9BrFN5O2. The zero-order valence-electron chi connectivity index (χ0n) is 9.72. The first kappa shape index (κ1) is 13.4. The fraction of sp³-hybridized carbons (Fsp3) is 0.100. The molecule has 0 aliphatic rings. The molecule has 0 radical (unpaired) electrons. The first-order chi connectivity index (χ1) is 9.12. The Hall–Kier alpha value is -2.00. The summed E-state index contributed by atoms with van der Waals surface area (Å²) in [6.45, 7) is 0. The van der Waals surface area contributed by atoms with Crippen molar-refractivity contribution in [3.63, 3.8) is 0 Å². The van der Waals surface area contributed by atoms with Gasteiger partial charge in [0.05, 0.1) is 11.6 Å². The van der Waals surface area contributed by atoms with E-state index in [1.165, 1.54) is 25.3 Å². The van der Waals surface area contributed by atoms with Crippen LogP contribution in [0.3, 0.4) is 0 Å². The molecule has 0 saturated carbocycles. The Morgan fingerprint density at radius 3 is 2.63 bits per heavy atom. The lowest BCUT2D eigenvalue weighted by Crippen LogP contribution is -2.12. The van der Waals surface area contributed by atoms with Crippen LogP contribution < -0.4 is 20.7 Å². The molecule has 1 aromatic carbocycles. The van der Waals surface area contributed by atoms with Gasteiger partial charge in [-0.15, -0.1) is 4.98 Å². The SMILES string of the molecule is COc1nc(NN)nc(Oc2ccc(F)cc2Br)n1. The molecule has 0 spiro atoms. The van der Waals surface area contributed by atoms with Gasteiger partial charge in [-0.2, -0.15) is 9.97 Å². The van der Waals surface area contributed by atoms with Gasteiger partial charge in [0, 0.05) is 0 Å². The van der Waals surface area contributed by atoms with Crippen LogP contribution in [-0.2, 0) is 0 Å². The second kappa shape index (κ2) is 5.76. The highest BCUT2D eigenvalue weighted by Crippen LogP contribution is 2.29. The van der Waals surface area contributed by atoms with E-state index in [1.54, 1.807) is 0 Å². The number of nitrogens with two attached hydrogens (primary N) is 1. The number of hydrogen-bond donors (Lipinski definition) is 2. The van der Waals surface area contributed by atoms with Crippen molar-refractivity contribution in [1.29, 1.82) is 0 Å². The van der Waals surface area contributed by atoms with Crippen molar-refractivity contribution in [2.75, 3.05) is 12.5 Å². The average Bonchev–Trinajstić information content (AvgIpc) is 2.41. The molecule has 0 unspecified atom stereocenters. The molecule has 2 rings (SSSR count). The molecule has 0 saturated heterocycles. The van der Waals surface area contributed by atoms with Crippen molar-refractivity contribution in [3.8, 4) is 17.8 Å². The smallest absolute Gasteiger partial charge is 0.330 e. The predicted molar refractivity (Wildman–Crippen MR) is 68.4 cm³/mol. The maximum absolute atomic E-state index is 13.0. The molecule has 0 fully saturated rings. The summed E-state index contributed by atoms with van der Waals surface area (Å²) in [7, 11) is 1.40. The summed E-state index contributed by atoms with van der Waals surface area (Å²) in [6.07, 6.45) is 0. The van der Waals surface area contributed by atoms with Gasteiger partial charge in [-0.1, -0.05) is 0 Å². The van der Waals surface area contributed by atoms with Gasteiger partial charge >= 0.3 is 12.0 Å². The van der Waals surface area contributed by atoms with Gasteiger partial charge in [0.1, 0.15) is 11.6 Å². The highest BCUT2D eigenvalue weighted by molar-refractivity contribution is 9.10. The number of ether oxygens (including phenoxy) is 2. The summed E-state index contributed by atoms with van der Waals surface area (Å²) in [5, 5.41) is 0. The van der Waals surface area contributed by atoms with Crippen LogP contribution in [0.15, 0.2) is 22.7 Å². The van der Waals surface area contributed by atoms with Crippen LogP contribution in [0.2, 0.25) is 0 Å². The topological polar surface area (TPSA) is 95.2 Å². The van der Waals surface area contributed by atoms with Gasteiger partial charge in [-0.3, -0.25) is 5.43 Å². The van der Waals surface area contributed by atoms with E-state index in [1.807, 2.05) is 0 Å². The van der Waals surface area contributed by atoms with Crippen molar-refractivity contribution in [1.82, 2.24) is 15.0 Å². The van der Waals surface area contributed by atoms with E-state index in [0.29, 0.717) is 10.2 Å². The Morgan fingerprint density at radius 1 is 1.26 bits per heavy atom. The van der Waals surface area contributed by atoms with E-state index in [-0.39, 0.29) is 18.0 Å². The third kappa shape index (κ3) is 3.26. The second-order valence-corrected chi connectivity index (χ2v) is 4.10. The number of anilines is 1. The minimum absolute atomic E-state index is 0.0351. The number of nitrogens with zero attached hydrogens (tertiary/aromatic N) is 3. The Labute approximate surface area is 116 Å². The van der Waals surface area contributed by atoms with E-state index in [9.17, 15) is 4.39 Å². The van der Waals surface area contributed by atoms with Crippen LogP contribution in [0.25, 0.3) is 0 Å². The quantitative estimate of drug-likeness (QED) is 0.652. The van der Waals surface area contributed by atoms with E-state index >= 15 is 0 Å². The monoisotopic (exact) mass is 329 g/mol. The first-order valence-electron chi connectivity index (χ1n) is 5.02. The second-order valence-electron chi connectivity index (χ2n) is 3.25. The lowest BCUT2D eigenvalue weighted by Gasteiger charge is -2.08. The molecule has 3 N–H and O–H groups in total. The molecule has 9 heteroatoms. The Balaban J connectivity index is 2.31. The van der Waals surface area contributed by atoms with Crippen molar-refractivity contribution in [2.24, 2.45) is 5.84 Å². The normalized spacial score (nSPS) is 10.1. The van der Waals surface area contributed by atoms with Crippen LogP contribution >= 0.6 is 15.9 Å². The highest BCUT2D eigenvalue weighted by atomic mass is 79.9. The van der Waals surface area contributed by atoms with Gasteiger partial charge in [-0.25, -0.2) is 10.2 Å². The number of benzene rings is 1. The molecule has 1 heterocycles. The largest absolute Gasteiger partial charge is 0.467 e. The number of nitrogen functional groups attached to an aromatic ring is 1. The predicted octanol–water partition coefficient (Wildman–Crippen LogP) is 1.86. The van der Waals surface area contributed by atoms with E-state index in [4.69, 9.17) is 15.3 Å². The molecule has 1 aromatic heterocycles. The summed E-state index contributed by atoms with van der Waals surface area (Å²) >= 11 is 3.17. The van der Waals surface area contributed by atoms with Crippen molar-refractivity contribution in [3.05, 3.63) is 28.5 Å². The van der Waals surface area contributed by atoms with Gasteiger partial charge in [0.15, 0.2) is 0 Å². The van der Waals surface area contributed by atoms with Crippen LogP contribution in [-0.4, -0.2) is 22.1 Å². The molecule has 0 aliphatic carbocycles. The number of hydrogen-bond acceptors (Lipinski definition) is 7. The standard InChI is InChI=1S/C10H9BrFN5O2/c1-18-9-14-8(17-13)15-10(16-9)19-7-3-2-5(12)4-6(7)11/h2-4H,13H2,1H3,(H,14,15,16,17). The number of rotatable bonds is 4. The molecule has 100 valence electrons. The Bertz CT molecular complexity index is 576. The van der Waals surface area contributed by atoms with E-state index < -0.39 is 5.82 Å². The third-order valence-electron chi connectivity index (χ3n) is 2.00. The number of halogens is 2. The van der Waals surface area contributed by atoms with Crippen molar-refractivity contribution < 1.29 is 13.9 Å². The highest BCUT2D eigenvalue weighted by Gasteiger charge is 2.10. The lowest BCUT2D eigenvalue weighted by atomic mass is 10.3. The fourth-order valence-electron chi connectivity index (χ4n) is 1.20.